The molecule has 0 aliphatic heterocycles. The number of aromatic nitrogens is 1. The van der Waals surface area contributed by atoms with Crippen molar-refractivity contribution in [3.8, 4) is 0 Å². The lowest BCUT2D eigenvalue weighted by Gasteiger charge is -2.29. The Hall–Kier alpha value is -1.88. The van der Waals surface area contributed by atoms with E-state index in [9.17, 15) is 0 Å². The van der Waals surface area contributed by atoms with Crippen LogP contribution in [0.4, 0.5) is 5.82 Å². The summed E-state index contributed by atoms with van der Waals surface area (Å²) in [5, 5.41) is 7.18. The van der Waals surface area contributed by atoms with Crippen LogP contribution in [0, 0.1) is 6.92 Å². The Morgan fingerprint density at radius 1 is 1.29 bits per heavy atom. The van der Waals surface area contributed by atoms with Crippen LogP contribution in [0.25, 0.3) is 0 Å². The van der Waals surface area contributed by atoms with E-state index >= 15 is 0 Å². The molecule has 1 fully saturated rings. The molecular formula is C16H19N3OS. The second-order valence-electron chi connectivity index (χ2n) is 5.57. The third-order valence-corrected chi connectivity index (χ3v) is 4.16. The van der Waals surface area contributed by atoms with Gasteiger partial charge in [-0.05, 0) is 55.7 Å². The van der Waals surface area contributed by atoms with Crippen LogP contribution >= 0.6 is 12.2 Å². The summed E-state index contributed by atoms with van der Waals surface area (Å²) in [4.78, 5) is 4.32. The lowest BCUT2D eigenvalue weighted by Crippen LogP contribution is -2.45. The van der Waals surface area contributed by atoms with Gasteiger partial charge in [-0.1, -0.05) is 18.9 Å². The summed E-state index contributed by atoms with van der Waals surface area (Å²) >= 11 is 5.45. The standard InChI is InChI=1S/C16H19N3OS/c1-12-6-7-14(17-11-12)18-15(21)19-16(8-2-3-9-16)13-5-4-10-20-13/h4-7,10-11H,2-3,8-9H2,1H3,(H2,17,18,19,21). The first-order valence-corrected chi connectivity index (χ1v) is 7.65. The number of rotatable bonds is 3. The number of thiocarbonyl (C=S) groups is 1. The van der Waals surface area contributed by atoms with Crippen molar-refractivity contribution >= 4 is 23.1 Å². The summed E-state index contributed by atoms with van der Waals surface area (Å²) in [5.41, 5.74) is 0.945. The Labute approximate surface area is 130 Å². The molecule has 1 aliphatic rings. The number of hydrogen-bond donors (Lipinski definition) is 2. The zero-order valence-electron chi connectivity index (χ0n) is 12.1. The predicted octanol–water partition coefficient (Wildman–Crippen LogP) is 3.74. The van der Waals surface area contributed by atoms with Gasteiger partial charge in [-0.3, -0.25) is 0 Å². The molecule has 2 heterocycles. The van der Waals surface area contributed by atoms with Gasteiger partial charge in [0.1, 0.15) is 11.6 Å². The van der Waals surface area contributed by atoms with Crippen LogP contribution in [-0.4, -0.2) is 10.1 Å². The molecule has 0 radical (unpaired) electrons. The van der Waals surface area contributed by atoms with Crippen LogP contribution in [0.5, 0.6) is 0 Å². The topological polar surface area (TPSA) is 50.1 Å². The predicted molar refractivity (Wildman–Crippen MR) is 87.2 cm³/mol. The van der Waals surface area contributed by atoms with Crippen LogP contribution < -0.4 is 10.6 Å². The Bertz CT molecular complexity index is 601. The third-order valence-electron chi connectivity index (χ3n) is 3.96. The lowest BCUT2D eigenvalue weighted by molar-refractivity contribution is 0.317. The van der Waals surface area contributed by atoms with Crippen molar-refractivity contribution in [1.82, 2.24) is 10.3 Å². The maximum atomic E-state index is 5.62. The number of pyridine rings is 1. The fourth-order valence-electron chi connectivity index (χ4n) is 2.87. The monoisotopic (exact) mass is 301 g/mol. The molecule has 2 aromatic heterocycles. The quantitative estimate of drug-likeness (QED) is 0.846. The fraction of sp³-hybridized carbons (Fsp3) is 0.375. The lowest BCUT2D eigenvalue weighted by atomic mass is 9.94. The number of aryl methyl sites for hydroxylation is 1. The van der Waals surface area contributed by atoms with Gasteiger partial charge in [-0.2, -0.15) is 0 Å². The maximum absolute atomic E-state index is 5.62. The van der Waals surface area contributed by atoms with Crippen molar-refractivity contribution in [2.75, 3.05) is 5.32 Å². The molecule has 0 saturated heterocycles. The molecule has 0 aromatic carbocycles. The van der Waals surface area contributed by atoms with E-state index in [1.807, 2.05) is 37.4 Å². The molecule has 2 aromatic rings. The third kappa shape index (κ3) is 3.08. The molecule has 3 rings (SSSR count). The molecule has 1 saturated carbocycles. The summed E-state index contributed by atoms with van der Waals surface area (Å²) in [6.07, 6.45) is 7.96. The van der Waals surface area contributed by atoms with Crippen LogP contribution in [0.15, 0.2) is 41.1 Å². The van der Waals surface area contributed by atoms with Crippen LogP contribution in [0.3, 0.4) is 0 Å². The van der Waals surface area contributed by atoms with Gasteiger partial charge < -0.3 is 15.1 Å². The highest BCUT2D eigenvalue weighted by Gasteiger charge is 2.38. The average molecular weight is 301 g/mol. The van der Waals surface area contributed by atoms with Gasteiger partial charge in [0, 0.05) is 6.20 Å². The van der Waals surface area contributed by atoms with E-state index in [2.05, 4.69) is 15.6 Å². The van der Waals surface area contributed by atoms with Gasteiger partial charge in [0.15, 0.2) is 5.11 Å². The number of anilines is 1. The highest BCUT2D eigenvalue weighted by molar-refractivity contribution is 7.80. The largest absolute Gasteiger partial charge is 0.467 e. The second kappa shape index (κ2) is 5.85. The van der Waals surface area contributed by atoms with Crippen molar-refractivity contribution in [1.29, 1.82) is 0 Å². The number of nitrogens with zero attached hydrogens (tertiary/aromatic N) is 1. The molecule has 0 amide bonds. The second-order valence-corrected chi connectivity index (χ2v) is 5.97. The zero-order valence-corrected chi connectivity index (χ0v) is 12.9. The summed E-state index contributed by atoms with van der Waals surface area (Å²) in [6, 6.07) is 7.88. The van der Waals surface area contributed by atoms with Crippen LogP contribution in [-0.2, 0) is 5.54 Å². The first-order valence-electron chi connectivity index (χ1n) is 7.24. The highest BCUT2D eigenvalue weighted by Crippen LogP contribution is 2.38. The highest BCUT2D eigenvalue weighted by atomic mass is 32.1. The minimum absolute atomic E-state index is 0.182. The van der Waals surface area contributed by atoms with Gasteiger partial charge in [0.25, 0.3) is 0 Å². The first-order chi connectivity index (χ1) is 10.2. The molecule has 0 bridgehead atoms. The smallest absolute Gasteiger partial charge is 0.172 e. The zero-order chi connectivity index (χ0) is 14.7. The van der Waals surface area contributed by atoms with E-state index < -0.39 is 0 Å². The Morgan fingerprint density at radius 2 is 2.10 bits per heavy atom. The molecule has 0 atom stereocenters. The minimum Gasteiger partial charge on any atom is -0.467 e. The molecule has 1 aliphatic carbocycles. The average Bonchev–Trinajstić information content (AvgIpc) is 3.12. The van der Waals surface area contributed by atoms with Crippen molar-refractivity contribution in [3.05, 3.63) is 48.0 Å². The number of hydrogen-bond acceptors (Lipinski definition) is 3. The van der Waals surface area contributed by atoms with Crippen molar-refractivity contribution in [3.63, 3.8) is 0 Å². The summed E-state index contributed by atoms with van der Waals surface area (Å²) < 4.78 is 5.62. The molecule has 2 N–H and O–H groups in total. The van der Waals surface area contributed by atoms with Gasteiger partial charge in [-0.25, -0.2) is 4.98 Å². The van der Waals surface area contributed by atoms with Crippen molar-refractivity contribution < 1.29 is 4.42 Å². The number of nitrogens with one attached hydrogen (secondary N) is 2. The van der Waals surface area contributed by atoms with E-state index in [1.165, 1.54) is 12.8 Å². The molecule has 0 spiro atoms. The Morgan fingerprint density at radius 3 is 2.71 bits per heavy atom. The number of furan rings is 1. The summed E-state index contributed by atoms with van der Waals surface area (Å²) in [6.45, 7) is 2.01. The van der Waals surface area contributed by atoms with E-state index in [0.29, 0.717) is 5.11 Å². The molecule has 4 nitrogen and oxygen atoms in total. The molecule has 5 heteroatoms. The Balaban J connectivity index is 1.71. The molecule has 110 valence electrons. The summed E-state index contributed by atoms with van der Waals surface area (Å²) in [5.74, 6) is 1.71. The van der Waals surface area contributed by atoms with E-state index in [1.54, 1.807) is 6.26 Å². The van der Waals surface area contributed by atoms with E-state index in [0.717, 1.165) is 30.0 Å². The van der Waals surface area contributed by atoms with Gasteiger partial charge in [-0.15, -0.1) is 0 Å². The molecule has 21 heavy (non-hydrogen) atoms. The van der Waals surface area contributed by atoms with Crippen LogP contribution in [0.2, 0.25) is 0 Å². The minimum atomic E-state index is -0.182. The SMILES string of the molecule is Cc1ccc(NC(=S)NC2(c3ccco3)CCCC2)nc1. The summed E-state index contributed by atoms with van der Waals surface area (Å²) in [7, 11) is 0. The van der Waals surface area contributed by atoms with Crippen molar-refractivity contribution in [2.45, 2.75) is 38.1 Å². The van der Waals surface area contributed by atoms with E-state index in [-0.39, 0.29) is 5.54 Å². The fourth-order valence-corrected chi connectivity index (χ4v) is 3.17. The Kier molecular flexibility index (Phi) is 3.92. The van der Waals surface area contributed by atoms with Gasteiger partial charge in [0.2, 0.25) is 0 Å². The first kappa shape index (κ1) is 14.1. The molecular weight excluding hydrogens is 282 g/mol. The maximum Gasteiger partial charge on any atom is 0.172 e. The normalized spacial score (nSPS) is 16.6. The molecule has 0 unspecified atom stereocenters. The van der Waals surface area contributed by atoms with Gasteiger partial charge in [0.05, 0.1) is 11.8 Å². The van der Waals surface area contributed by atoms with Crippen LogP contribution in [0.1, 0.15) is 37.0 Å². The van der Waals surface area contributed by atoms with E-state index in [4.69, 9.17) is 16.6 Å². The van der Waals surface area contributed by atoms with Gasteiger partial charge >= 0.3 is 0 Å². The van der Waals surface area contributed by atoms with Crippen molar-refractivity contribution in [2.24, 2.45) is 0 Å².